The number of benzene rings is 1. The van der Waals surface area contributed by atoms with E-state index in [-0.39, 0.29) is 24.1 Å². The summed E-state index contributed by atoms with van der Waals surface area (Å²) in [5, 5.41) is 15.5. The van der Waals surface area contributed by atoms with Gasteiger partial charge in [-0.25, -0.2) is 0 Å². The topological polar surface area (TPSA) is 64.6 Å². The first-order chi connectivity index (χ1) is 9.40. The third-order valence-corrected chi connectivity index (χ3v) is 3.96. The molecule has 20 heavy (non-hydrogen) atoms. The summed E-state index contributed by atoms with van der Waals surface area (Å²) in [5.74, 6) is -0.0110. The van der Waals surface area contributed by atoms with Crippen molar-refractivity contribution in [1.29, 1.82) is 0 Å². The molecule has 1 aliphatic rings. The van der Waals surface area contributed by atoms with Gasteiger partial charge >= 0.3 is 0 Å². The van der Waals surface area contributed by atoms with Crippen LogP contribution in [0.25, 0.3) is 0 Å². The highest BCUT2D eigenvalue weighted by Gasteiger charge is 2.31. The highest BCUT2D eigenvalue weighted by atomic mass is 16.3. The number of likely N-dealkylation sites (N-methyl/N-ethyl adjacent to an activating group) is 2. The average Bonchev–Trinajstić information content (AvgIpc) is 2.74. The van der Waals surface area contributed by atoms with Crippen molar-refractivity contribution in [1.82, 2.24) is 5.32 Å². The predicted molar refractivity (Wildman–Crippen MR) is 81.1 cm³/mol. The zero-order valence-electron chi connectivity index (χ0n) is 12.5. The van der Waals surface area contributed by atoms with E-state index in [4.69, 9.17) is 0 Å². The molecule has 5 nitrogen and oxygen atoms in total. The molecule has 1 aliphatic heterocycles. The van der Waals surface area contributed by atoms with Crippen molar-refractivity contribution in [3.8, 4) is 0 Å². The molecular weight excluding hydrogens is 254 g/mol. The van der Waals surface area contributed by atoms with E-state index in [2.05, 4.69) is 10.6 Å². The third kappa shape index (κ3) is 2.51. The lowest BCUT2D eigenvalue weighted by Gasteiger charge is -2.36. The van der Waals surface area contributed by atoms with Crippen LogP contribution < -0.4 is 15.5 Å². The molecule has 1 atom stereocenters. The normalized spacial score (nSPS) is 17.9. The Hall–Kier alpha value is -1.59. The van der Waals surface area contributed by atoms with E-state index in [0.29, 0.717) is 0 Å². The largest absolute Gasteiger partial charge is 0.394 e. The molecule has 5 heteroatoms. The number of hydrogen-bond donors (Lipinski definition) is 3. The van der Waals surface area contributed by atoms with Gasteiger partial charge in [-0.15, -0.1) is 0 Å². The first-order valence-corrected chi connectivity index (χ1v) is 6.93. The van der Waals surface area contributed by atoms with Crippen LogP contribution in [-0.4, -0.2) is 36.8 Å². The molecule has 1 aromatic rings. The first-order valence-electron chi connectivity index (χ1n) is 6.93. The number of nitrogens with one attached hydrogen (secondary N) is 2. The molecule has 110 valence electrons. The molecule has 1 heterocycles. The van der Waals surface area contributed by atoms with Crippen LogP contribution in [0.15, 0.2) is 18.2 Å². The van der Waals surface area contributed by atoms with Crippen molar-refractivity contribution in [3.05, 3.63) is 23.8 Å². The fourth-order valence-electron chi connectivity index (χ4n) is 2.32. The monoisotopic (exact) mass is 277 g/mol. The minimum absolute atomic E-state index is 0.0110. The molecule has 1 unspecified atom stereocenters. The van der Waals surface area contributed by atoms with E-state index in [1.807, 2.05) is 50.9 Å². The number of aliphatic hydroxyl groups excluding tert-OH is 1. The molecule has 0 saturated heterocycles. The molecule has 0 aromatic heterocycles. The second-order valence-electron chi connectivity index (χ2n) is 5.78. The first kappa shape index (κ1) is 14.8. The van der Waals surface area contributed by atoms with E-state index < -0.39 is 0 Å². The van der Waals surface area contributed by atoms with Crippen LogP contribution in [0.1, 0.15) is 32.4 Å². The SMILES string of the molecule is CCNC1C(=O)Nc2cc(N(C)C(C)(C)CO)ccc21. The molecule has 0 bridgehead atoms. The number of rotatable bonds is 5. The van der Waals surface area contributed by atoms with Crippen LogP contribution in [0, 0.1) is 0 Å². The number of anilines is 2. The van der Waals surface area contributed by atoms with E-state index in [0.717, 1.165) is 23.5 Å². The summed E-state index contributed by atoms with van der Waals surface area (Å²) in [6, 6.07) is 5.66. The quantitative estimate of drug-likeness (QED) is 0.763. The molecule has 2 rings (SSSR count). The Balaban J connectivity index is 2.31. The van der Waals surface area contributed by atoms with Crippen molar-refractivity contribution in [3.63, 3.8) is 0 Å². The Morgan fingerprint density at radius 1 is 1.45 bits per heavy atom. The van der Waals surface area contributed by atoms with E-state index in [1.54, 1.807) is 0 Å². The number of hydrogen-bond acceptors (Lipinski definition) is 4. The van der Waals surface area contributed by atoms with Gasteiger partial charge in [0.2, 0.25) is 5.91 Å². The van der Waals surface area contributed by atoms with Gasteiger partial charge in [0.1, 0.15) is 6.04 Å². The highest BCUT2D eigenvalue weighted by Crippen LogP contribution is 2.35. The van der Waals surface area contributed by atoms with Crippen LogP contribution in [0.4, 0.5) is 11.4 Å². The van der Waals surface area contributed by atoms with Crippen LogP contribution in [0.5, 0.6) is 0 Å². The van der Waals surface area contributed by atoms with Gasteiger partial charge in [-0.3, -0.25) is 4.79 Å². The van der Waals surface area contributed by atoms with E-state index >= 15 is 0 Å². The third-order valence-electron chi connectivity index (χ3n) is 3.96. The molecule has 3 N–H and O–H groups in total. The van der Waals surface area contributed by atoms with Crippen LogP contribution in [0.2, 0.25) is 0 Å². The van der Waals surface area contributed by atoms with Crippen LogP contribution in [0.3, 0.4) is 0 Å². The number of fused-ring (bicyclic) bond motifs is 1. The summed E-state index contributed by atoms with van der Waals surface area (Å²) in [7, 11) is 1.94. The second-order valence-corrected chi connectivity index (χ2v) is 5.78. The molecule has 1 amide bonds. The maximum atomic E-state index is 11.9. The fourth-order valence-corrected chi connectivity index (χ4v) is 2.32. The van der Waals surface area contributed by atoms with Gasteiger partial charge in [0.15, 0.2) is 0 Å². The lowest BCUT2D eigenvalue weighted by atomic mass is 10.0. The average molecular weight is 277 g/mol. The lowest BCUT2D eigenvalue weighted by Crippen LogP contribution is -2.44. The van der Waals surface area contributed by atoms with Gasteiger partial charge in [0.25, 0.3) is 0 Å². The number of carbonyl (C=O) groups is 1. The van der Waals surface area contributed by atoms with Crippen LogP contribution >= 0.6 is 0 Å². The minimum atomic E-state index is -0.349. The molecule has 0 saturated carbocycles. The molecule has 1 aromatic carbocycles. The zero-order chi connectivity index (χ0) is 14.9. The Labute approximate surface area is 120 Å². The van der Waals surface area contributed by atoms with Crippen molar-refractivity contribution in [2.45, 2.75) is 32.4 Å². The maximum absolute atomic E-state index is 11.9. The summed E-state index contributed by atoms with van der Waals surface area (Å²) in [6.45, 7) is 6.74. The zero-order valence-corrected chi connectivity index (χ0v) is 12.5. The standard InChI is InChI=1S/C15H23N3O2/c1-5-16-13-11-7-6-10(8-12(11)17-14(13)20)18(4)15(2,3)9-19/h6-8,13,16,19H,5,9H2,1-4H3,(H,17,20). The van der Waals surface area contributed by atoms with Crippen molar-refractivity contribution >= 4 is 17.3 Å². The van der Waals surface area contributed by atoms with Gasteiger partial charge in [-0.2, -0.15) is 0 Å². The molecule has 0 fully saturated rings. The van der Waals surface area contributed by atoms with Gasteiger partial charge in [-0.1, -0.05) is 13.0 Å². The second kappa shape index (κ2) is 5.42. The number of aliphatic hydroxyl groups is 1. The van der Waals surface area contributed by atoms with Crippen LogP contribution in [-0.2, 0) is 4.79 Å². The van der Waals surface area contributed by atoms with Gasteiger partial charge in [0.05, 0.1) is 12.1 Å². The fraction of sp³-hybridized carbons (Fsp3) is 0.533. The summed E-state index contributed by atoms with van der Waals surface area (Å²) in [4.78, 5) is 13.9. The Morgan fingerprint density at radius 2 is 2.15 bits per heavy atom. The molecule has 0 spiro atoms. The molecule has 0 aliphatic carbocycles. The summed E-state index contributed by atoms with van der Waals surface area (Å²) >= 11 is 0. The number of nitrogens with zero attached hydrogens (tertiary/aromatic N) is 1. The van der Waals surface area contributed by atoms with Gasteiger partial charge < -0.3 is 20.6 Å². The van der Waals surface area contributed by atoms with Gasteiger partial charge in [-0.05, 0) is 32.5 Å². The van der Waals surface area contributed by atoms with Crippen molar-refractivity contribution in [2.75, 3.05) is 30.4 Å². The van der Waals surface area contributed by atoms with Crippen molar-refractivity contribution in [2.24, 2.45) is 0 Å². The smallest absolute Gasteiger partial charge is 0.246 e. The highest BCUT2D eigenvalue weighted by molar-refractivity contribution is 6.03. The minimum Gasteiger partial charge on any atom is -0.394 e. The Bertz CT molecular complexity index is 514. The van der Waals surface area contributed by atoms with Gasteiger partial charge in [0, 0.05) is 24.0 Å². The molecular formula is C15H23N3O2. The number of carbonyl (C=O) groups excluding carboxylic acids is 1. The summed E-state index contributed by atoms with van der Waals surface area (Å²) in [5.41, 5.74) is 2.45. The van der Waals surface area contributed by atoms with E-state index in [1.165, 1.54) is 0 Å². The van der Waals surface area contributed by atoms with Crippen molar-refractivity contribution < 1.29 is 9.90 Å². The predicted octanol–water partition coefficient (Wildman–Crippen LogP) is 1.50. The van der Waals surface area contributed by atoms with E-state index in [9.17, 15) is 9.90 Å². The summed E-state index contributed by atoms with van der Waals surface area (Å²) < 4.78 is 0. The Kier molecular flexibility index (Phi) is 4.01. The Morgan fingerprint density at radius 3 is 2.75 bits per heavy atom. The number of amides is 1. The lowest BCUT2D eigenvalue weighted by molar-refractivity contribution is -0.117. The maximum Gasteiger partial charge on any atom is 0.246 e. The summed E-state index contributed by atoms with van der Waals surface area (Å²) in [6.07, 6.45) is 0. The molecule has 0 radical (unpaired) electrons.